The van der Waals surface area contributed by atoms with Crippen molar-refractivity contribution in [2.45, 2.75) is 460 Å². The first-order valence-corrected chi connectivity index (χ1v) is 47.1. The van der Waals surface area contributed by atoms with Crippen LogP contribution in [0.2, 0.25) is 0 Å². The number of aliphatic hydroxyl groups excluding tert-OH is 21. The summed E-state index contributed by atoms with van der Waals surface area (Å²) in [7, 11) is 0. The fourth-order valence-electron chi connectivity index (χ4n) is 17.2. The Hall–Kier alpha value is -3.51. The van der Waals surface area contributed by atoms with Crippen molar-refractivity contribution in [1.82, 2.24) is 16.0 Å². The van der Waals surface area contributed by atoms with Crippen LogP contribution in [0.1, 0.15) is 233 Å². The van der Waals surface area contributed by atoms with Gasteiger partial charge in [-0.2, -0.15) is 0 Å². The maximum atomic E-state index is 13.6. The fraction of sp³-hybridized carbons (Fsp3) is 0.920. The summed E-state index contributed by atoms with van der Waals surface area (Å²) in [6.45, 7) is -1.11. The normalized spacial score (nSPS) is 37.5. The van der Waals surface area contributed by atoms with Crippen LogP contribution in [0.15, 0.2) is 24.3 Å². The van der Waals surface area contributed by atoms with Crippen LogP contribution >= 0.6 is 0 Å². The Morgan fingerprint density at radius 3 is 1.07 bits per heavy atom. The summed E-state index contributed by atoms with van der Waals surface area (Å²) in [4.78, 5) is 39.7. The number of unbranched alkanes of at least 4 members (excludes halogenated alkanes) is 28. The molecule has 7 aliphatic heterocycles. The fourth-order valence-corrected chi connectivity index (χ4v) is 17.2. The van der Waals surface area contributed by atoms with E-state index in [1.807, 2.05) is 6.08 Å². The van der Waals surface area contributed by atoms with Gasteiger partial charge < -0.3 is 190 Å². The molecule has 129 heavy (non-hydrogen) atoms. The van der Waals surface area contributed by atoms with Crippen LogP contribution in [0.3, 0.4) is 0 Å². The second kappa shape index (κ2) is 60.3. The van der Waals surface area contributed by atoms with E-state index in [0.717, 1.165) is 78.1 Å². The number of hydrogen-bond donors (Lipinski definition) is 24. The zero-order chi connectivity index (χ0) is 94.2. The smallest absolute Gasteiger partial charge is 0.220 e. The van der Waals surface area contributed by atoms with Gasteiger partial charge in [-0.15, -0.1) is 0 Å². The Bertz CT molecular complexity index is 3090. The summed E-state index contributed by atoms with van der Waals surface area (Å²) in [5.41, 5.74) is 0. The summed E-state index contributed by atoms with van der Waals surface area (Å²) >= 11 is 0. The number of carbonyl (C=O) groups excluding carboxylic acids is 3. The maximum absolute atomic E-state index is 13.6. The van der Waals surface area contributed by atoms with Crippen LogP contribution in [0, 0.1) is 0 Å². The molecule has 41 heteroatoms. The molecule has 7 rings (SSSR count). The van der Waals surface area contributed by atoms with Crippen LogP contribution in [-0.4, -0.2) is 405 Å². The Morgan fingerprint density at radius 1 is 0.310 bits per heavy atom. The summed E-state index contributed by atoms with van der Waals surface area (Å²) in [6.07, 6.45) is -23.1. The molecular formula is C88H157N3O38. The van der Waals surface area contributed by atoms with Crippen LogP contribution in [0.25, 0.3) is 0 Å². The minimum Gasteiger partial charge on any atom is -0.394 e. The number of amides is 3. The first-order chi connectivity index (χ1) is 62.0. The molecule has 14 unspecified atom stereocenters. The van der Waals surface area contributed by atoms with Crippen molar-refractivity contribution in [3.8, 4) is 0 Å². The maximum Gasteiger partial charge on any atom is 0.220 e. The minimum atomic E-state index is -2.37. The Kier molecular flexibility index (Phi) is 52.5. The van der Waals surface area contributed by atoms with Crippen molar-refractivity contribution in [2.75, 3.05) is 52.9 Å². The summed E-state index contributed by atoms with van der Waals surface area (Å²) in [6, 6.07) is -4.77. The van der Waals surface area contributed by atoms with Crippen LogP contribution in [0.5, 0.6) is 0 Å². The van der Waals surface area contributed by atoms with E-state index in [-0.39, 0.29) is 12.3 Å². The van der Waals surface area contributed by atoms with Gasteiger partial charge in [0.25, 0.3) is 0 Å². The SMILES string of the molecule is CCCCCCCC/C=C\CCCCCCCCCCCCCC(=O)N[C@@H](CO[C@@H]1OC(CO)[C@@H](O[C@@H]2OC(CO)[C@H](O[C@@H]3OC(CO)[C@H](O)[C@H](O[C@@H]4OC(CO[C@@H]5OC(CO)[C@@H](O[C@@H]6OC(CO)[C@H](O)[C@H](O)C6O)[C@H](O)C5NC(C)=O)[C@H](O)[C@H](O[C@@H]5OC(CO)[C@H](O)[C@H](O)C5O)C4NC(C)=O)C3O)[C@H](O)C2O)[C@H](O)C1O)[C@H](O)/C=C/CCCCCCCCCCCCC. The highest BCUT2D eigenvalue weighted by molar-refractivity contribution is 5.76. The second-order valence-corrected chi connectivity index (χ2v) is 35.3. The van der Waals surface area contributed by atoms with E-state index in [0.29, 0.717) is 12.8 Å². The summed E-state index contributed by atoms with van der Waals surface area (Å²) in [5, 5.41) is 242. The molecule has 3 amide bonds. The van der Waals surface area contributed by atoms with E-state index in [4.69, 9.17) is 66.3 Å². The number of nitrogens with one attached hydrogen (secondary N) is 3. The van der Waals surface area contributed by atoms with E-state index >= 15 is 0 Å². The van der Waals surface area contributed by atoms with Gasteiger partial charge in [0.05, 0.1) is 65.0 Å². The summed E-state index contributed by atoms with van der Waals surface area (Å²) < 4.78 is 83.1. The van der Waals surface area contributed by atoms with Gasteiger partial charge in [-0.1, -0.05) is 192 Å². The molecule has 24 N–H and O–H groups in total. The lowest BCUT2D eigenvalue weighted by Crippen LogP contribution is -2.70. The highest BCUT2D eigenvalue weighted by Crippen LogP contribution is 2.39. The molecule has 0 saturated carbocycles. The number of hydrogen-bond acceptors (Lipinski definition) is 38. The first-order valence-electron chi connectivity index (χ1n) is 47.1. The average molecular weight is 1870 g/mol. The van der Waals surface area contributed by atoms with Gasteiger partial charge in [0.15, 0.2) is 44.0 Å². The largest absolute Gasteiger partial charge is 0.394 e. The Morgan fingerprint density at radius 2 is 0.636 bits per heavy atom. The quantitative estimate of drug-likeness (QED) is 0.0221. The molecule has 752 valence electrons. The van der Waals surface area contributed by atoms with Crippen molar-refractivity contribution < 1.29 is 188 Å². The molecule has 0 bridgehead atoms. The van der Waals surface area contributed by atoms with Crippen molar-refractivity contribution >= 4 is 17.7 Å². The van der Waals surface area contributed by atoms with Crippen molar-refractivity contribution in [3.63, 3.8) is 0 Å². The molecule has 0 aromatic rings. The van der Waals surface area contributed by atoms with Gasteiger partial charge in [-0.05, 0) is 44.9 Å². The number of ether oxygens (including phenoxy) is 14. The van der Waals surface area contributed by atoms with Crippen molar-refractivity contribution in [2.24, 2.45) is 0 Å². The molecule has 0 aromatic carbocycles. The Labute approximate surface area is 755 Å². The zero-order valence-corrected chi connectivity index (χ0v) is 75.3. The van der Waals surface area contributed by atoms with Gasteiger partial charge in [-0.3, -0.25) is 14.4 Å². The van der Waals surface area contributed by atoms with E-state index in [1.165, 1.54) is 122 Å². The predicted molar refractivity (Wildman–Crippen MR) is 454 cm³/mol. The molecule has 7 heterocycles. The van der Waals surface area contributed by atoms with E-state index < -0.39 is 292 Å². The van der Waals surface area contributed by atoms with Crippen molar-refractivity contribution in [3.05, 3.63) is 24.3 Å². The van der Waals surface area contributed by atoms with Crippen LogP contribution < -0.4 is 16.0 Å². The Balaban J connectivity index is 0.993. The average Bonchev–Trinajstić information content (AvgIpc) is 0.720. The van der Waals surface area contributed by atoms with Crippen molar-refractivity contribution in [1.29, 1.82) is 0 Å². The molecule has 37 atom stereocenters. The van der Waals surface area contributed by atoms with E-state index in [1.54, 1.807) is 6.08 Å². The van der Waals surface area contributed by atoms with Crippen LogP contribution in [0.4, 0.5) is 0 Å². The molecule has 41 nitrogen and oxygen atoms in total. The standard InChI is InChI=1S/C88H157N3O38/c1-5-7-9-11-13-15-17-19-20-21-22-23-24-25-26-28-30-32-34-36-38-40-60(101)91-51(52(100)39-37-35-33-31-29-27-18-16-14-12-10-8-6-2)47-116-84-74(113)70(109)78(57(45-96)122-84)126-87-75(114)71(110)79(58(46-97)123-87)127-88-76(115)81(65(104)55(43-94)120-88)129-83-62(90-50(4)99)80(128-86-73(112)69(108)64(103)54(42-93)119-86)66(105)59(124-83)48-117-82-61(89-49(3)98)67(106)77(56(44-95)121-82)125-85-72(111)68(107)63(102)53(41-92)118-85/h19-20,37,39,51-59,61-88,92-97,100,102-115H,5-18,21-36,38,40-48H2,1-4H3,(H,89,98)(H,90,99)(H,91,101)/b20-19-,39-37+/t51-,52+,53?,54?,55?,56?,57?,58?,59?,61?,62?,63-,64-,65-,66-,67+,68-,69-,70+,71+,72?,73?,74?,75?,76?,77+,78+,79-,80+,81-,82+,83-,84+,85-,86-,87-,88-/m0/s1. The molecule has 0 aliphatic carbocycles. The second-order valence-electron chi connectivity index (χ2n) is 35.3. The third-order valence-corrected chi connectivity index (χ3v) is 25.0. The van der Waals surface area contributed by atoms with E-state index in [2.05, 4.69) is 41.9 Å². The highest BCUT2D eigenvalue weighted by atomic mass is 16.8. The third-order valence-electron chi connectivity index (χ3n) is 25.0. The lowest BCUT2D eigenvalue weighted by atomic mass is 9.94. The van der Waals surface area contributed by atoms with Gasteiger partial charge in [0, 0.05) is 20.3 Å². The number of aliphatic hydroxyl groups is 21. The molecule has 0 radical (unpaired) electrons. The number of rotatable bonds is 60. The molecule has 7 fully saturated rings. The summed E-state index contributed by atoms with van der Waals surface area (Å²) in [5.74, 6) is -2.14. The molecule has 7 aliphatic rings. The molecule has 0 aromatic heterocycles. The monoisotopic (exact) mass is 1860 g/mol. The minimum absolute atomic E-state index is 0.159. The van der Waals surface area contributed by atoms with Gasteiger partial charge in [0.2, 0.25) is 17.7 Å². The first kappa shape index (κ1) is 112. The third kappa shape index (κ3) is 34.6. The topological polar surface area (TPSA) is 641 Å². The zero-order valence-electron chi connectivity index (χ0n) is 75.3. The van der Waals surface area contributed by atoms with Gasteiger partial charge in [0.1, 0.15) is 171 Å². The lowest BCUT2D eigenvalue weighted by Gasteiger charge is -2.51. The molecule has 7 saturated heterocycles. The van der Waals surface area contributed by atoms with Gasteiger partial charge in [-0.25, -0.2) is 0 Å². The van der Waals surface area contributed by atoms with Crippen LogP contribution in [-0.2, 0) is 80.7 Å². The molecular weight excluding hydrogens is 1710 g/mol. The lowest BCUT2D eigenvalue weighted by molar-refractivity contribution is -0.390. The highest BCUT2D eigenvalue weighted by Gasteiger charge is 2.59. The number of carbonyl (C=O) groups is 3. The predicted octanol–water partition coefficient (Wildman–Crippen LogP) is -2.48. The molecule has 0 spiro atoms. The van der Waals surface area contributed by atoms with Gasteiger partial charge >= 0.3 is 0 Å². The van der Waals surface area contributed by atoms with E-state index in [9.17, 15) is 122 Å². The number of allylic oxidation sites excluding steroid dienone is 3.